The largest absolute Gasteiger partial charge is 0.504 e. The van der Waals surface area contributed by atoms with Crippen molar-refractivity contribution >= 4 is 40.2 Å². The van der Waals surface area contributed by atoms with Crippen molar-refractivity contribution in [2.45, 2.75) is 46.5 Å². The van der Waals surface area contributed by atoms with Crippen LogP contribution in [-0.4, -0.2) is 40.1 Å². The molecule has 0 unspecified atom stereocenters. The highest BCUT2D eigenvalue weighted by Gasteiger charge is 2.64. The molecule has 1 aromatic heterocycles. The summed E-state index contributed by atoms with van der Waals surface area (Å²) in [5, 5.41) is 10.5. The maximum atomic E-state index is 14.4. The van der Waals surface area contributed by atoms with Crippen molar-refractivity contribution in [3.05, 3.63) is 95.1 Å². The Labute approximate surface area is 283 Å². The van der Waals surface area contributed by atoms with Gasteiger partial charge in [-0.1, -0.05) is 36.8 Å². The van der Waals surface area contributed by atoms with Gasteiger partial charge in [-0.15, -0.1) is 0 Å². The molecule has 8 rings (SSSR count). The molecule has 9 nitrogen and oxygen atoms in total. The summed E-state index contributed by atoms with van der Waals surface area (Å²) in [5.74, 6) is -3.03. The number of anilines is 1. The van der Waals surface area contributed by atoms with Gasteiger partial charge in [0, 0.05) is 17.4 Å². The Kier molecular flexibility index (Phi) is 7.03. The maximum Gasteiger partial charge on any atom is 0.238 e. The number of nitrogens with zero attached hydrogens (tertiary/aromatic N) is 2. The van der Waals surface area contributed by atoms with Gasteiger partial charge in [-0.3, -0.25) is 24.1 Å². The maximum absolute atomic E-state index is 14.4. The molecule has 1 saturated carbocycles. The molecular weight excluding hydrogens is 620 g/mol. The molecule has 49 heavy (non-hydrogen) atoms. The Morgan fingerprint density at radius 3 is 2.45 bits per heavy atom. The average Bonchev–Trinajstić information content (AvgIpc) is 3.65. The van der Waals surface area contributed by atoms with Gasteiger partial charge in [0.05, 0.1) is 29.5 Å². The summed E-state index contributed by atoms with van der Waals surface area (Å²) in [6.07, 6.45) is 2.64. The summed E-state index contributed by atoms with van der Waals surface area (Å²) in [6, 6.07) is 19.6. The van der Waals surface area contributed by atoms with Gasteiger partial charge in [0.25, 0.3) is 0 Å². The van der Waals surface area contributed by atoms with Crippen LogP contribution in [0.25, 0.3) is 22.6 Å². The van der Waals surface area contributed by atoms with Crippen molar-refractivity contribution in [1.29, 1.82) is 0 Å². The molecule has 2 heterocycles. The topological polar surface area (TPSA) is 127 Å². The molecule has 0 spiro atoms. The second-order valence-corrected chi connectivity index (χ2v) is 13.8. The Balaban J connectivity index is 1.18. The van der Waals surface area contributed by atoms with Crippen LogP contribution in [0.4, 0.5) is 5.69 Å². The van der Waals surface area contributed by atoms with Crippen LogP contribution in [0.15, 0.2) is 93.9 Å². The summed E-state index contributed by atoms with van der Waals surface area (Å²) < 4.78 is 11.6. The van der Waals surface area contributed by atoms with Gasteiger partial charge in [-0.25, -0.2) is 4.98 Å². The number of hydrogen-bond donors (Lipinski definition) is 1. The van der Waals surface area contributed by atoms with Crippen molar-refractivity contribution in [2.75, 3.05) is 11.5 Å². The van der Waals surface area contributed by atoms with Gasteiger partial charge in [-0.05, 0) is 105 Å². The minimum atomic E-state index is -1.12. The Morgan fingerprint density at radius 1 is 0.959 bits per heavy atom. The van der Waals surface area contributed by atoms with E-state index in [1.54, 1.807) is 56.3 Å². The molecule has 3 aliphatic carbocycles. The standard InChI is InChI=1S/C40H36N2O7/c1-5-48-32-18-23(12-17-30(32)43)34-25-15-16-26-33(27(25)19-28-35(44)20(2)21(3)36(45)40(28,34)4)39(47)42(38(26)46)24-13-10-22(11-14-24)37-41-29-8-6-7-9-31(29)49-37/h6-15,17-18,26-28,33-34,43H,5,16,19H2,1-4H3/t26-,27+,28-,33-,34-,40+/m0/s1. The monoisotopic (exact) mass is 656 g/mol. The average molecular weight is 657 g/mol. The van der Waals surface area contributed by atoms with Crippen LogP contribution in [0.2, 0.25) is 0 Å². The van der Waals surface area contributed by atoms with Gasteiger partial charge in [0.1, 0.15) is 5.52 Å². The van der Waals surface area contributed by atoms with E-state index in [4.69, 9.17) is 9.15 Å². The van der Waals surface area contributed by atoms with Gasteiger partial charge < -0.3 is 14.3 Å². The second-order valence-electron chi connectivity index (χ2n) is 13.8. The van der Waals surface area contributed by atoms with Crippen molar-refractivity contribution in [1.82, 2.24) is 4.98 Å². The van der Waals surface area contributed by atoms with E-state index in [2.05, 4.69) is 4.98 Å². The highest BCUT2D eigenvalue weighted by Crippen LogP contribution is 2.63. The highest BCUT2D eigenvalue weighted by molar-refractivity contribution is 6.22. The molecule has 0 bridgehead atoms. The summed E-state index contributed by atoms with van der Waals surface area (Å²) in [7, 11) is 0. The smallest absolute Gasteiger partial charge is 0.238 e. The first-order valence-corrected chi connectivity index (χ1v) is 16.8. The fraction of sp³-hybridized carbons (Fsp3) is 0.325. The van der Waals surface area contributed by atoms with Gasteiger partial charge >= 0.3 is 0 Å². The highest BCUT2D eigenvalue weighted by atomic mass is 16.5. The lowest BCUT2D eigenvalue weighted by Gasteiger charge is -2.54. The Morgan fingerprint density at radius 2 is 1.71 bits per heavy atom. The number of carbonyl (C=O) groups excluding carboxylic acids is 4. The first kappa shape index (κ1) is 31.0. The second kappa shape index (κ2) is 11.1. The summed E-state index contributed by atoms with van der Waals surface area (Å²) in [5.41, 5.74) is 3.96. The van der Waals surface area contributed by atoms with Crippen molar-refractivity contribution < 1.29 is 33.4 Å². The fourth-order valence-electron chi connectivity index (χ4n) is 8.94. The number of hydrogen-bond acceptors (Lipinski definition) is 8. The van der Waals surface area contributed by atoms with Crippen LogP contribution < -0.4 is 9.64 Å². The molecule has 4 aromatic rings. The lowest BCUT2D eigenvalue weighted by molar-refractivity contribution is -0.142. The van der Waals surface area contributed by atoms with E-state index in [1.165, 1.54) is 4.90 Å². The zero-order valence-electron chi connectivity index (χ0n) is 27.7. The predicted molar refractivity (Wildman–Crippen MR) is 182 cm³/mol. The number of aromatic hydroxyl groups is 1. The lowest BCUT2D eigenvalue weighted by Crippen LogP contribution is -2.55. The predicted octanol–water partition coefficient (Wildman–Crippen LogP) is 6.95. The number of para-hydroxylation sites is 2. The van der Waals surface area contributed by atoms with Crippen molar-refractivity contribution in [2.24, 2.45) is 29.1 Å². The van der Waals surface area contributed by atoms with E-state index in [0.717, 1.165) is 16.7 Å². The SMILES string of the molecule is CCOc1cc([C@H]2C3=CC[C@@H]4C(=O)N(c5ccc(-c6nc7ccccc7o6)cc5)C(=O)[C@@H]4[C@@H]3C[C@H]3C(=O)C(C)=C(C)C(=O)[C@@]23C)ccc1O. The third kappa shape index (κ3) is 4.40. The zero-order chi connectivity index (χ0) is 34.4. The number of benzene rings is 3. The van der Waals surface area contributed by atoms with E-state index in [9.17, 15) is 24.3 Å². The normalized spacial score (nSPS) is 28.0. The molecule has 3 aromatic carbocycles. The van der Waals surface area contributed by atoms with Crippen LogP contribution in [0.5, 0.6) is 11.5 Å². The summed E-state index contributed by atoms with van der Waals surface area (Å²) >= 11 is 0. The number of ketones is 2. The fourth-order valence-corrected chi connectivity index (χ4v) is 8.94. The van der Waals surface area contributed by atoms with Crippen molar-refractivity contribution in [3.8, 4) is 23.0 Å². The van der Waals surface area contributed by atoms with Crippen LogP contribution >= 0.6 is 0 Å². The minimum Gasteiger partial charge on any atom is -0.504 e. The first-order chi connectivity index (χ1) is 23.5. The number of imide groups is 1. The molecule has 1 N–H and O–H groups in total. The molecule has 0 radical (unpaired) electrons. The summed E-state index contributed by atoms with van der Waals surface area (Å²) in [4.78, 5) is 62.6. The van der Waals surface area contributed by atoms with E-state index < -0.39 is 35.0 Å². The molecule has 2 fully saturated rings. The third-order valence-corrected chi connectivity index (χ3v) is 11.5. The number of amides is 2. The van der Waals surface area contributed by atoms with Gasteiger partial charge in [0.2, 0.25) is 17.7 Å². The van der Waals surface area contributed by atoms with E-state index in [0.29, 0.717) is 46.9 Å². The van der Waals surface area contributed by atoms with Crippen LogP contribution in [-0.2, 0) is 19.2 Å². The van der Waals surface area contributed by atoms with E-state index in [-0.39, 0.29) is 41.3 Å². The number of ether oxygens (including phenoxy) is 1. The molecule has 9 heteroatoms. The zero-order valence-corrected chi connectivity index (χ0v) is 27.7. The number of aromatic nitrogens is 1. The molecule has 6 atom stereocenters. The molecule has 1 saturated heterocycles. The molecule has 2 amide bonds. The van der Waals surface area contributed by atoms with Crippen LogP contribution in [0.1, 0.15) is 52.0 Å². The molecule has 4 aliphatic rings. The van der Waals surface area contributed by atoms with E-state index in [1.807, 2.05) is 44.2 Å². The number of rotatable bonds is 5. The third-order valence-electron chi connectivity index (χ3n) is 11.5. The quantitative estimate of drug-likeness (QED) is 0.181. The number of carbonyl (C=O) groups is 4. The number of oxazole rings is 1. The number of Topliss-reactive ketones (excluding diaryl/α,β-unsaturated/α-hetero) is 2. The first-order valence-electron chi connectivity index (χ1n) is 16.8. The molecule has 1 aliphatic heterocycles. The van der Waals surface area contributed by atoms with Crippen molar-refractivity contribution in [3.63, 3.8) is 0 Å². The minimum absolute atomic E-state index is 0.0235. The van der Waals surface area contributed by atoms with Crippen LogP contribution in [0.3, 0.4) is 0 Å². The van der Waals surface area contributed by atoms with E-state index >= 15 is 0 Å². The van der Waals surface area contributed by atoms with Crippen LogP contribution in [0, 0.1) is 29.1 Å². The number of fused-ring (bicyclic) bond motifs is 5. The number of phenolic OH excluding ortho intramolecular Hbond substituents is 1. The molecular formula is C40H36N2O7. The Bertz CT molecular complexity index is 2130. The summed E-state index contributed by atoms with van der Waals surface area (Å²) in [6.45, 7) is 7.42. The van der Waals surface area contributed by atoms with Gasteiger partial charge in [-0.2, -0.15) is 0 Å². The number of phenols is 1. The Hall–Kier alpha value is -5.31. The lowest BCUT2D eigenvalue weighted by atomic mass is 9.46. The molecule has 248 valence electrons. The number of allylic oxidation sites excluding steroid dienone is 4. The van der Waals surface area contributed by atoms with Gasteiger partial charge in [0.15, 0.2) is 28.6 Å².